The normalized spacial score (nSPS) is 11.3. The second-order valence-electron chi connectivity index (χ2n) is 7.27. The van der Waals surface area contributed by atoms with E-state index in [0.717, 1.165) is 42.4 Å². The van der Waals surface area contributed by atoms with Crippen LogP contribution >= 0.6 is 11.6 Å². The van der Waals surface area contributed by atoms with Gasteiger partial charge >= 0.3 is 0 Å². The molecule has 4 aromatic rings. The van der Waals surface area contributed by atoms with E-state index in [1.807, 2.05) is 36.4 Å². The number of carbonyl (C=O) groups excluding carboxylic acids is 1. The van der Waals surface area contributed by atoms with E-state index in [1.165, 1.54) is 0 Å². The number of hydrogen-bond donors (Lipinski definition) is 2. The van der Waals surface area contributed by atoms with Crippen LogP contribution in [0.15, 0.2) is 48.5 Å². The highest BCUT2D eigenvalue weighted by Gasteiger charge is 2.24. The van der Waals surface area contributed by atoms with Gasteiger partial charge in [-0.05, 0) is 42.8 Å². The first-order valence-corrected chi connectivity index (χ1v) is 10.6. The quantitative estimate of drug-likeness (QED) is 0.405. The van der Waals surface area contributed by atoms with E-state index in [0.29, 0.717) is 34.1 Å². The number of anilines is 1. The smallest absolute Gasteiger partial charge is 0.257 e. The lowest BCUT2D eigenvalue weighted by Gasteiger charge is -2.08. The Hall–Kier alpha value is -3.12. The summed E-state index contributed by atoms with van der Waals surface area (Å²) < 4.78 is 1.76. The third-order valence-corrected chi connectivity index (χ3v) is 5.38. The summed E-state index contributed by atoms with van der Waals surface area (Å²) >= 11 is 6.05. The second kappa shape index (κ2) is 8.71. The summed E-state index contributed by atoms with van der Waals surface area (Å²) in [6, 6.07) is 14.8. The highest BCUT2D eigenvalue weighted by Crippen LogP contribution is 2.31. The molecule has 1 amide bonds. The van der Waals surface area contributed by atoms with Gasteiger partial charge in [-0.1, -0.05) is 49.9 Å². The van der Waals surface area contributed by atoms with Gasteiger partial charge in [0, 0.05) is 17.3 Å². The zero-order valence-electron chi connectivity index (χ0n) is 16.9. The molecule has 2 aromatic heterocycles. The van der Waals surface area contributed by atoms with Crippen LogP contribution in [0.5, 0.6) is 0 Å². The number of benzene rings is 2. The Morgan fingerprint density at radius 3 is 2.43 bits per heavy atom. The number of nitrogens with two attached hydrogens (primary N) is 1. The number of nitrogens with zero attached hydrogens (tertiary/aromatic N) is 3. The van der Waals surface area contributed by atoms with Crippen molar-refractivity contribution in [2.24, 2.45) is 0 Å². The summed E-state index contributed by atoms with van der Waals surface area (Å²) in [5.74, 6) is 0.0833. The first kappa shape index (κ1) is 20.2. The highest BCUT2D eigenvalue weighted by molar-refractivity contribution is 6.30. The van der Waals surface area contributed by atoms with Crippen molar-refractivity contribution >= 4 is 45.5 Å². The summed E-state index contributed by atoms with van der Waals surface area (Å²) in [4.78, 5) is 22.6. The van der Waals surface area contributed by atoms with Gasteiger partial charge in [0.05, 0.1) is 11.0 Å². The fourth-order valence-electron chi connectivity index (χ4n) is 3.58. The zero-order valence-corrected chi connectivity index (χ0v) is 17.6. The van der Waals surface area contributed by atoms with Crippen LogP contribution in [0.4, 0.5) is 5.82 Å². The van der Waals surface area contributed by atoms with Crippen LogP contribution in [0.3, 0.4) is 0 Å². The van der Waals surface area contributed by atoms with Crippen molar-refractivity contribution in [1.82, 2.24) is 19.9 Å². The van der Waals surface area contributed by atoms with Gasteiger partial charge in [0.2, 0.25) is 0 Å². The molecule has 0 saturated heterocycles. The zero-order chi connectivity index (χ0) is 21.1. The molecule has 3 N–H and O–H groups in total. The van der Waals surface area contributed by atoms with Crippen LogP contribution in [0.2, 0.25) is 5.02 Å². The van der Waals surface area contributed by atoms with Gasteiger partial charge in [-0.2, -0.15) is 0 Å². The molecule has 2 heterocycles. The van der Waals surface area contributed by atoms with Crippen molar-refractivity contribution in [3.05, 3.63) is 59.1 Å². The van der Waals surface area contributed by atoms with Gasteiger partial charge in [-0.25, -0.2) is 9.97 Å². The Kier molecular flexibility index (Phi) is 5.86. The molecule has 0 unspecified atom stereocenters. The molecule has 0 aliphatic carbocycles. The molecule has 154 valence electrons. The number of hydrogen-bond acceptors (Lipinski definition) is 4. The lowest BCUT2D eigenvalue weighted by molar-refractivity contribution is 0.0955. The molecule has 0 aliphatic rings. The van der Waals surface area contributed by atoms with Crippen molar-refractivity contribution < 1.29 is 4.79 Å². The van der Waals surface area contributed by atoms with Crippen molar-refractivity contribution in [2.75, 3.05) is 12.3 Å². The molecule has 30 heavy (non-hydrogen) atoms. The van der Waals surface area contributed by atoms with E-state index in [-0.39, 0.29) is 5.91 Å². The molecule has 6 nitrogen and oxygen atoms in total. The van der Waals surface area contributed by atoms with E-state index < -0.39 is 0 Å². The lowest BCUT2D eigenvalue weighted by atomic mass is 10.2. The van der Waals surface area contributed by atoms with Crippen LogP contribution in [0.25, 0.3) is 27.9 Å². The van der Waals surface area contributed by atoms with Gasteiger partial charge in [-0.15, -0.1) is 0 Å². The number of aromatic nitrogens is 3. The van der Waals surface area contributed by atoms with Crippen LogP contribution in [0.1, 0.15) is 43.0 Å². The maximum absolute atomic E-state index is 13.1. The van der Waals surface area contributed by atoms with Crippen LogP contribution in [0, 0.1) is 0 Å². The molecule has 0 saturated carbocycles. The minimum Gasteiger partial charge on any atom is -0.384 e. The van der Waals surface area contributed by atoms with Crippen molar-refractivity contribution in [1.29, 1.82) is 0 Å². The number of fused-ring (bicyclic) bond motifs is 2. The Morgan fingerprint density at radius 2 is 1.73 bits per heavy atom. The molecule has 0 aliphatic heterocycles. The molecule has 0 radical (unpaired) electrons. The molecule has 0 bridgehead atoms. The molecule has 0 spiro atoms. The van der Waals surface area contributed by atoms with Crippen LogP contribution in [-0.2, 0) is 0 Å². The maximum atomic E-state index is 13.1. The lowest BCUT2D eigenvalue weighted by Crippen LogP contribution is -2.25. The minimum atomic E-state index is -0.230. The molecule has 0 atom stereocenters. The van der Waals surface area contributed by atoms with E-state index in [9.17, 15) is 4.79 Å². The Balaban J connectivity index is 1.82. The van der Waals surface area contributed by atoms with Crippen LogP contribution in [-0.4, -0.2) is 27.0 Å². The number of para-hydroxylation sites is 2. The fraction of sp³-hybridized carbons (Fsp3) is 0.261. The summed E-state index contributed by atoms with van der Waals surface area (Å²) in [7, 11) is 0. The first-order chi connectivity index (χ1) is 14.6. The Morgan fingerprint density at radius 1 is 1.03 bits per heavy atom. The summed E-state index contributed by atoms with van der Waals surface area (Å²) in [5, 5.41) is 3.61. The molecular weight excluding hydrogens is 398 g/mol. The third kappa shape index (κ3) is 3.83. The Labute approximate surface area is 180 Å². The summed E-state index contributed by atoms with van der Waals surface area (Å²) in [6.07, 6.45) is 4.33. The molecule has 7 heteroatoms. The highest BCUT2D eigenvalue weighted by atomic mass is 35.5. The number of nitrogens with one attached hydrogen (secondary N) is 1. The van der Waals surface area contributed by atoms with Gasteiger partial charge in [-0.3, -0.25) is 9.36 Å². The van der Waals surface area contributed by atoms with Gasteiger partial charge in [0.1, 0.15) is 16.9 Å². The SMILES string of the molecule is CCCCCCNC(=O)c1c(N)n(-c2ccc(Cl)cc2)c2nc3ccccc3nc12. The van der Waals surface area contributed by atoms with Gasteiger partial charge < -0.3 is 11.1 Å². The summed E-state index contributed by atoms with van der Waals surface area (Å²) in [5.41, 5.74) is 10.1. The predicted octanol–water partition coefficient (Wildman–Crippen LogP) is 5.12. The Bertz CT molecular complexity index is 1200. The van der Waals surface area contributed by atoms with E-state index >= 15 is 0 Å². The van der Waals surface area contributed by atoms with Gasteiger partial charge in [0.25, 0.3) is 5.91 Å². The predicted molar refractivity (Wildman–Crippen MR) is 122 cm³/mol. The molecular formula is C23H24ClN5O. The maximum Gasteiger partial charge on any atom is 0.257 e. The first-order valence-electron chi connectivity index (χ1n) is 10.2. The average molecular weight is 422 g/mol. The largest absolute Gasteiger partial charge is 0.384 e. The number of amides is 1. The van der Waals surface area contributed by atoms with Crippen molar-refractivity contribution in [3.8, 4) is 5.69 Å². The summed E-state index contributed by atoms with van der Waals surface area (Å²) in [6.45, 7) is 2.76. The molecule has 0 fully saturated rings. The monoisotopic (exact) mass is 421 g/mol. The van der Waals surface area contributed by atoms with E-state index in [1.54, 1.807) is 16.7 Å². The van der Waals surface area contributed by atoms with Crippen LogP contribution < -0.4 is 11.1 Å². The fourth-order valence-corrected chi connectivity index (χ4v) is 3.71. The van der Waals surface area contributed by atoms with E-state index in [2.05, 4.69) is 12.2 Å². The third-order valence-electron chi connectivity index (χ3n) is 5.13. The van der Waals surface area contributed by atoms with Gasteiger partial charge in [0.15, 0.2) is 5.65 Å². The number of rotatable bonds is 7. The number of unbranched alkanes of at least 4 members (excludes halogenated alkanes) is 3. The number of halogens is 1. The van der Waals surface area contributed by atoms with E-state index in [4.69, 9.17) is 27.3 Å². The van der Waals surface area contributed by atoms with Crippen molar-refractivity contribution in [2.45, 2.75) is 32.6 Å². The minimum absolute atomic E-state index is 0.230. The number of carbonyl (C=O) groups is 1. The standard InChI is InChI=1S/C23H24ClN5O/c1-2-3-4-7-14-26-23(30)19-20-22(28-18-9-6-5-8-17(18)27-20)29(21(19)25)16-12-10-15(24)11-13-16/h5-6,8-13H,2-4,7,14,25H2,1H3,(H,26,30). The van der Waals surface area contributed by atoms with Crippen molar-refractivity contribution in [3.63, 3.8) is 0 Å². The molecule has 4 rings (SSSR count). The average Bonchev–Trinajstić information content (AvgIpc) is 3.03. The number of nitrogen functional groups attached to an aromatic ring is 1. The molecule has 2 aromatic carbocycles. The topological polar surface area (TPSA) is 85.8 Å². The second-order valence-corrected chi connectivity index (χ2v) is 7.71.